The molecule has 10 nitrogen and oxygen atoms in total. The van der Waals surface area contributed by atoms with Gasteiger partial charge in [0.2, 0.25) is 0 Å². The summed E-state index contributed by atoms with van der Waals surface area (Å²) in [4.78, 5) is 26.3. The Morgan fingerprint density at radius 1 is 0.900 bits per heavy atom. The van der Waals surface area contributed by atoms with Crippen molar-refractivity contribution in [2.75, 3.05) is 17.3 Å². The second-order valence-electron chi connectivity index (χ2n) is 5.57. The van der Waals surface area contributed by atoms with Crippen LogP contribution in [-0.2, 0) is 19.7 Å². The van der Waals surface area contributed by atoms with E-state index in [1.54, 1.807) is 0 Å². The minimum atomic E-state index is -3.33. The molecule has 14 heteroatoms. The van der Waals surface area contributed by atoms with Crippen molar-refractivity contribution in [1.29, 1.82) is 0 Å². The number of hydrogen-bond acceptors (Lipinski definition) is 10. The van der Waals surface area contributed by atoms with E-state index in [0.29, 0.717) is 0 Å². The molecule has 0 aromatic carbocycles. The van der Waals surface area contributed by atoms with E-state index in [9.17, 15) is 21.6 Å². The van der Waals surface area contributed by atoms with Crippen LogP contribution in [0.3, 0.4) is 0 Å². The van der Waals surface area contributed by atoms with Crippen LogP contribution in [0.2, 0.25) is 10.3 Å². The van der Waals surface area contributed by atoms with Crippen molar-refractivity contribution in [2.24, 2.45) is 5.73 Å². The van der Waals surface area contributed by atoms with Crippen molar-refractivity contribution in [3.8, 4) is 0 Å². The van der Waals surface area contributed by atoms with Gasteiger partial charge in [-0.15, -0.1) is 0 Å². The molecule has 0 unspecified atom stereocenters. The minimum absolute atomic E-state index is 0.00524. The van der Waals surface area contributed by atoms with Crippen molar-refractivity contribution in [3.05, 3.63) is 51.9 Å². The largest absolute Gasteiger partial charge is 0.396 e. The van der Waals surface area contributed by atoms with Gasteiger partial charge < -0.3 is 5.73 Å². The molecule has 0 atom stereocenters. The third kappa shape index (κ3) is 9.11. The van der Waals surface area contributed by atoms with Crippen LogP contribution < -0.4 is 5.73 Å². The maximum Gasteiger partial charge on any atom is 0.197 e. The molecule has 0 saturated heterocycles. The maximum atomic E-state index is 11.4. The number of halogens is 2. The topological polar surface area (TPSA) is 163 Å². The Morgan fingerprint density at radius 3 is 1.80 bits per heavy atom. The Bertz CT molecular complexity index is 1100. The summed E-state index contributed by atoms with van der Waals surface area (Å²) >= 11 is 11.0. The number of ketones is 1. The fraction of sp³-hybridized carbons (Fsp3) is 0.312. The van der Waals surface area contributed by atoms with Gasteiger partial charge in [-0.1, -0.05) is 37.0 Å². The smallest absolute Gasteiger partial charge is 0.197 e. The molecule has 2 aromatic rings. The number of Topliss-reactive ketones (excluding diaryl/α,β-unsaturated/α-hetero) is 1. The molecule has 2 N–H and O–H groups in total. The average Bonchev–Trinajstić information content (AvgIpc) is 2.69. The van der Waals surface area contributed by atoms with Gasteiger partial charge in [0.1, 0.15) is 27.4 Å². The highest BCUT2D eigenvalue weighted by Crippen LogP contribution is 2.09. The molecule has 2 aromatic heterocycles. The number of carbonyl (C=O) groups excluding carboxylic acids is 1. The molecule has 0 aliphatic carbocycles. The number of sulfone groups is 2. The fourth-order valence-electron chi connectivity index (χ4n) is 1.63. The van der Waals surface area contributed by atoms with E-state index in [1.807, 2.05) is 0 Å². The van der Waals surface area contributed by atoms with Crippen LogP contribution in [0.1, 0.15) is 30.0 Å². The van der Waals surface area contributed by atoms with Gasteiger partial charge in [0.15, 0.2) is 25.5 Å². The summed E-state index contributed by atoms with van der Waals surface area (Å²) in [6, 6.07) is 0. The lowest BCUT2D eigenvalue weighted by atomic mass is 10.3. The Balaban J connectivity index is 0.000000300. The van der Waals surface area contributed by atoms with E-state index in [1.165, 1.54) is 32.4 Å². The number of hydrogen-bond donors (Lipinski definition) is 1. The molecule has 2 heterocycles. The average molecular weight is 496 g/mol. The summed E-state index contributed by atoms with van der Waals surface area (Å²) in [5, 5.41) is 1.36. The van der Waals surface area contributed by atoms with Gasteiger partial charge in [-0.05, 0) is 0 Å². The zero-order valence-corrected chi connectivity index (χ0v) is 19.1. The molecule has 0 saturated carbocycles. The van der Waals surface area contributed by atoms with Crippen LogP contribution >= 0.6 is 23.2 Å². The Kier molecular flexibility index (Phi) is 9.75. The van der Waals surface area contributed by atoms with Crippen molar-refractivity contribution in [2.45, 2.75) is 13.8 Å². The van der Waals surface area contributed by atoms with Gasteiger partial charge >= 0.3 is 0 Å². The Labute approximate surface area is 184 Å². The van der Waals surface area contributed by atoms with E-state index in [2.05, 4.69) is 19.9 Å². The van der Waals surface area contributed by atoms with E-state index in [0.717, 1.165) is 11.6 Å². The fourth-order valence-corrected chi connectivity index (χ4v) is 3.25. The molecule has 164 valence electrons. The zero-order valence-electron chi connectivity index (χ0n) is 16.0. The van der Waals surface area contributed by atoms with Gasteiger partial charge in [-0.3, -0.25) is 4.79 Å². The zero-order chi connectivity index (χ0) is 22.9. The molecule has 0 amide bonds. The second kappa shape index (κ2) is 11.3. The molecular formula is C16H19Cl2N5O5S2. The lowest BCUT2D eigenvalue weighted by Crippen LogP contribution is -2.18. The van der Waals surface area contributed by atoms with E-state index < -0.39 is 31.2 Å². The molecular weight excluding hydrogens is 477 g/mol. The highest BCUT2D eigenvalue weighted by atomic mass is 35.5. The Hall–Kier alpha value is -2.15. The summed E-state index contributed by atoms with van der Waals surface area (Å²) in [7, 11) is -6.59. The SMILES string of the molecule is CCS(=O)(=O)C=C(N)c1cnc(Cl)cn1.CCS(=O)(=O)CC(=O)c1cnc(Cl)cn1. The molecule has 0 spiro atoms. The standard InChI is InChI=1S/C8H10ClN3O2S.C8H9ClN2O3S/c1-2-15(13,14)5-6(10)7-3-12-8(9)4-11-7;1-2-15(13,14)5-7(12)6-3-11-8(9)4-10-6/h3-5H,2,10H2,1H3;3-4H,2,5H2,1H3. The quantitative estimate of drug-likeness (QED) is 0.557. The maximum absolute atomic E-state index is 11.4. The van der Waals surface area contributed by atoms with Crippen LogP contribution in [0.4, 0.5) is 0 Å². The second-order valence-corrected chi connectivity index (χ2v) is 10.8. The number of nitrogens with zero attached hydrogens (tertiary/aromatic N) is 4. The molecule has 0 radical (unpaired) electrons. The molecule has 0 fully saturated rings. The van der Waals surface area contributed by atoms with Crippen LogP contribution in [0, 0.1) is 0 Å². The van der Waals surface area contributed by atoms with Gasteiger partial charge in [-0.25, -0.2) is 36.8 Å². The first-order valence-corrected chi connectivity index (χ1v) is 12.6. The third-order valence-corrected chi connectivity index (χ3v) is 6.71. The summed E-state index contributed by atoms with van der Waals surface area (Å²) in [5.41, 5.74) is 5.90. The predicted octanol–water partition coefficient (Wildman–Crippen LogP) is 1.57. The lowest BCUT2D eigenvalue weighted by Gasteiger charge is -2.00. The summed E-state index contributed by atoms with van der Waals surface area (Å²) < 4.78 is 44.7. The van der Waals surface area contributed by atoms with Crippen LogP contribution in [0.15, 0.2) is 30.2 Å². The first-order valence-electron chi connectivity index (χ1n) is 8.28. The molecule has 30 heavy (non-hydrogen) atoms. The van der Waals surface area contributed by atoms with Crippen molar-refractivity contribution in [3.63, 3.8) is 0 Å². The number of aromatic nitrogens is 4. The monoisotopic (exact) mass is 495 g/mol. The minimum Gasteiger partial charge on any atom is -0.396 e. The number of rotatable bonds is 7. The number of nitrogens with two attached hydrogens (primary N) is 1. The molecule has 0 aliphatic rings. The van der Waals surface area contributed by atoms with E-state index in [-0.39, 0.29) is 38.9 Å². The van der Waals surface area contributed by atoms with Crippen molar-refractivity contribution in [1.82, 2.24) is 19.9 Å². The third-order valence-electron chi connectivity index (χ3n) is 3.32. The lowest BCUT2D eigenvalue weighted by molar-refractivity contribution is 0.101. The van der Waals surface area contributed by atoms with Gasteiger partial charge in [0.05, 0.1) is 41.6 Å². The molecule has 2 rings (SSSR count). The summed E-state index contributed by atoms with van der Waals surface area (Å²) in [6.07, 6.45) is 4.98. The normalized spacial score (nSPS) is 12.1. The van der Waals surface area contributed by atoms with Gasteiger partial charge in [0.25, 0.3) is 0 Å². The highest BCUT2D eigenvalue weighted by molar-refractivity contribution is 7.94. The predicted molar refractivity (Wildman–Crippen MR) is 114 cm³/mol. The van der Waals surface area contributed by atoms with Crippen LogP contribution in [0.25, 0.3) is 5.70 Å². The van der Waals surface area contributed by atoms with E-state index >= 15 is 0 Å². The highest BCUT2D eigenvalue weighted by Gasteiger charge is 2.17. The van der Waals surface area contributed by atoms with E-state index in [4.69, 9.17) is 28.9 Å². The van der Waals surface area contributed by atoms with Crippen LogP contribution in [0.5, 0.6) is 0 Å². The van der Waals surface area contributed by atoms with Crippen molar-refractivity contribution >= 4 is 54.4 Å². The first-order chi connectivity index (χ1) is 13.9. The summed E-state index contributed by atoms with van der Waals surface area (Å²) in [6.45, 7) is 3.02. The molecule has 0 aliphatic heterocycles. The van der Waals surface area contributed by atoms with Gasteiger partial charge in [0, 0.05) is 5.75 Å². The summed E-state index contributed by atoms with van der Waals surface area (Å²) in [5.74, 6) is -1.19. The van der Waals surface area contributed by atoms with Crippen molar-refractivity contribution < 1.29 is 21.6 Å². The Morgan fingerprint density at radius 2 is 1.40 bits per heavy atom. The molecule has 0 bridgehead atoms. The van der Waals surface area contributed by atoms with Crippen LogP contribution in [-0.4, -0.2) is 59.8 Å². The number of carbonyl (C=O) groups is 1. The first kappa shape index (κ1) is 25.9. The van der Waals surface area contributed by atoms with Gasteiger partial charge in [-0.2, -0.15) is 0 Å².